The Kier molecular flexibility index (Phi) is 27.2. The maximum absolute atomic E-state index is 2.35. The molecule has 0 aromatic heterocycles. The van der Waals surface area contributed by atoms with Gasteiger partial charge >= 0.3 is 0 Å². The molecule has 0 fully saturated rings. The van der Waals surface area contributed by atoms with E-state index in [-0.39, 0.29) is 0 Å². The molecule has 16 heavy (non-hydrogen) atoms. The minimum Gasteiger partial charge on any atom is -0.0683 e. The highest BCUT2D eigenvalue weighted by atomic mass is 14.1. The second-order valence-electron chi connectivity index (χ2n) is 4.60. The van der Waals surface area contributed by atoms with Crippen LogP contribution < -0.4 is 0 Å². The van der Waals surface area contributed by atoms with Crippen molar-refractivity contribution in [2.24, 2.45) is 11.8 Å². The van der Waals surface area contributed by atoms with Crippen LogP contribution in [-0.4, -0.2) is 0 Å². The molecule has 0 heteroatoms. The van der Waals surface area contributed by atoms with Crippen LogP contribution in [0.1, 0.15) is 93.9 Å². The van der Waals surface area contributed by atoms with Gasteiger partial charge in [0.1, 0.15) is 0 Å². The highest BCUT2D eigenvalue weighted by Gasteiger charge is 2.02. The Morgan fingerprint density at radius 2 is 0.875 bits per heavy atom. The monoisotopic (exact) mass is 230 g/mol. The van der Waals surface area contributed by atoms with Gasteiger partial charge in [0, 0.05) is 0 Å². The van der Waals surface area contributed by atoms with E-state index in [1.165, 1.54) is 38.5 Å². The topological polar surface area (TPSA) is 0 Å². The van der Waals surface area contributed by atoms with Crippen molar-refractivity contribution in [3.05, 3.63) is 0 Å². The van der Waals surface area contributed by atoms with E-state index in [0.717, 1.165) is 11.8 Å². The van der Waals surface area contributed by atoms with Crippen molar-refractivity contribution in [1.82, 2.24) is 0 Å². The molecule has 102 valence electrons. The van der Waals surface area contributed by atoms with Crippen LogP contribution >= 0.6 is 0 Å². The summed E-state index contributed by atoms with van der Waals surface area (Å²) < 4.78 is 0. The lowest BCUT2D eigenvalue weighted by Gasteiger charge is -2.11. The fourth-order valence-corrected chi connectivity index (χ4v) is 0.977. The highest BCUT2D eigenvalue weighted by molar-refractivity contribution is 4.54. The van der Waals surface area contributed by atoms with Gasteiger partial charge in [-0.3, -0.25) is 0 Å². The van der Waals surface area contributed by atoms with Crippen molar-refractivity contribution in [3.8, 4) is 0 Å². The molecule has 0 nitrogen and oxygen atoms in total. The molecule has 0 saturated heterocycles. The van der Waals surface area contributed by atoms with Crippen molar-refractivity contribution in [2.75, 3.05) is 0 Å². The van der Waals surface area contributed by atoms with Crippen molar-refractivity contribution in [3.63, 3.8) is 0 Å². The average molecular weight is 230 g/mol. The molecule has 0 aliphatic heterocycles. The first-order valence-corrected chi connectivity index (χ1v) is 7.62. The van der Waals surface area contributed by atoms with Crippen molar-refractivity contribution in [1.29, 1.82) is 0 Å². The minimum atomic E-state index is 0.939. The van der Waals surface area contributed by atoms with E-state index in [0.29, 0.717) is 0 Å². The van der Waals surface area contributed by atoms with E-state index in [2.05, 4.69) is 41.5 Å². The number of hydrogen-bond donors (Lipinski definition) is 0. The van der Waals surface area contributed by atoms with Crippen LogP contribution in [0.3, 0.4) is 0 Å². The van der Waals surface area contributed by atoms with E-state index in [9.17, 15) is 0 Å². The van der Waals surface area contributed by atoms with Crippen LogP contribution in [0.25, 0.3) is 0 Å². The van der Waals surface area contributed by atoms with Gasteiger partial charge < -0.3 is 0 Å². The van der Waals surface area contributed by atoms with Gasteiger partial charge in [-0.2, -0.15) is 0 Å². The lowest BCUT2D eigenvalue weighted by Crippen LogP contribution is -1.97. The van der Waals surface area contributed by atoms with Crippen LogP contribution in [0.15, 0.2) is 0 Å². The van der Waals surface area contributed by atoms with Gasteiger partial charge in [0.25, 0.3) is 0 Å². The Hall–Kier alpha value is 0. The SMILES string of the molecule is CC.CCC(C)CCC(C)CC.CCCC. The number of hydrogen-bond acceptors (Lipinski definition) is 0. The molecule has 0 saturated carbocycles. The first-order valence-electron chi connectivity index (χ1n) is 7.62. The zero-order valence-electron chi connectivity index (χ0n) is 13.4. The van der Waals surface area contributed by atoms with Gasteiger partial charge in [-0.1, -0.05) is 93.9 Å². The third-order valence-corrected chi connectivity index (χ3v) is 3.05. The Balaban J connectivity index is -0.000000237. The average Bonchev–Trinajstić information content (AvgIpc) is 2.37. The Bertz CT molecular complexity index is 74.0. The van der Waals surface area contributed by atoms with E-state index in [1.807, 2.05) is 13.8 Å². The van der Waals surface area contributed by atoms with Gasteiger partial charge in [0.05, 0.1) is 0 Å². The summed E-state index contributed by atoms with van der Waals surface area (Å²) >= 11 is 0. The lowest BCUT2D eigenvalue weighted by atomic mass is 9.95. The largest absolute Gasteiger partial charge is 0.0683 e. The third kappa shape index (κ3) is 23.7. The molecule has 2 unspecified atom stereocenters. The van der Waals surface area contributed by atoms with Crippen LogP contribution in [0.4, 0.5) is 0 Å². The van der Waals surface area contributed by atoms with Crippen LogP contribution in [0.5, 0.6) is 0 Å². The predicted molar refractivity (Wildman–Crippen MR) is 80.1 cm³/mol. The number of unbranched alkanes of at least 4 members (excludes halogenated alkanes) is 1. The van der Waals surface area contributed by atoms with E-state index >= 15 is 0 Å². The number of rotatable bonds is 6. The summed E-state index contributed by atoms with van der Waals surface area (Å²) in [6, 6.07) is 0. The highest BCUT2D eigenvalue weighted by Crippen LogP contribution is 2.16. The summed E-state index contributed by atoms with van der Waals surface area (Å²) in [4.78, 5) is 0. The van der Waals surface area contributed by atoms with Crippen LogP contribution in [-0.2, 0) is 0 Å². The lowest BCUT2D eigenvalue weighted by molar-refractivity contribution is 0.415. The standard InChI is InChI=1S/C10H22.C4H10.C2H6/c1-5-9(3)7-8-10(4)6-2;1-3-4-2;1-2/h9-10H,5-8H2,1-4H3;3-4H2,1-2H3;1-2H3. The van der Waals surface area contributed by atoms with E-state index < -0.39 is 0 Å². The molecule has 0 rings (SSSR count). The third-order valence-electron chi connectivity index (χ3n) is 3.05. The van der Waals surface area contributed by atoms with E-state index in [1.54, 1.807) is 0 Å². The molecule has 0 aliphatic carbocycles. The molecule has 2 atom stereocenters. The zero-order valence-corrected chi connectivity index (χ0v) is 13.4. The smallest absolute Gasteiger partial charge is 0.0445 e. The van der Waals surface area contributed by atoms with Crippen molar-refractivity contribution >= 4 is 0 Å². The first kappa shape index (κ1) is 21.3. The molecular weight excluding hydrogens is 192 g/mol. The summed E-state index contributed by atoms with van der Waals surface area (Å²) in [6.45, 7) is 17.6. The fourth-order valence-electron chi connectivity index (χ4n) is 0.977. The van der Waals surface area contributed by atoms with Crippen molar-refractivity contribution in [2.45, 2.75) is 93.9 Å². The summed E-state index contributed by atoms with van der Waals surface area (Å²) in [5.74, 6) is 1.88. The van der Waals surface area contributed by atoms with Crippen LogP contribution in [0, 0.1) is 11.8 Å². The van der Waals surface area contributed by atoms with Gasteiger partial charge in [-0.15, -0.1) is 0 Å². The van der Waals surface area contributed by atoms with Gasteiger partial charge in [-0.05, 0) is 11.8 Å². The van der Waals surface area contributed by atoms with E-state index in [4.69, 9.17) is 0 Å². The molecule has 0 radical (unpaired) electrons. The first-order chi connectivity index (χ1) is 7.62. The normalized spacial score (nSPS) is 12.8. The predicted octanol–water partition coefficient (Wildman–Crippen LogP) is 6.69. The zero-order chi connectivity index (χ0) is 13.4. The molecule has 0 N–H and O–H groups in total. The van der Waals surface area contributed by atoms with Gasteiger partial charge in [0.15, 0.2) is 0 Å². The minimum absolute atomic E-state index is 0.939. The molecular formula is C16H38. The molecule has 0 amide bonds. The Morgan fingerprint density at radius 3 is 1.00 bits per heavy atom. The van der Waals surface area contributed by atoms with Crippen LogP contribution in [0.2, 0.25) is 0 Å². The summed E-state index contributed by atoms with van der Waals surface area (Å²) in [5, 5.41) is 0. The second-order valence-corrected chi connectivity index (χ2v) is 4.60. The Labute approximate surface area is 106 Å². The summed E-state index contributed by atoms with van der Waals surface area (Å²) in [5.41, 5.74) is 0. The van der Waals surface area contributed by atoms with Gasteiger partial charge in [-0.25, -0.2) is 0 Å². The summed E-state index contributed by atoms with van der Waals surface area (Å²) in [6.07, 6.45) is 8.17. The summed E-state index contributed by atoms with van der Waals surface area (Å²) in [7, 11) is 0. The van der Waals surface area contributed by atoms with Gasteiger partial charge in [0.2, 0.25) is 0 Å². The quantitative estimate of drug-likeness (QED) is 0.477. The molecule has 0 heterocycles. The maximum Gasteiger partial charge on any atom is -0.0445 e. The fraction of sp³-hybridized carbons (Fsp3) is 1.00. The molecule has 0 aromatic rings. The van der Waals surface area contributed by atoms with Crippen molar-refractivity contribution < 1.29 is 0 Å². The molecule has 0 bridgehead atoms. The maximum atomic E-state index is 2.35. The molecule has 0 aromatic carbocycles. The molecule has 0 spiro atoms. The Morgan fingerprint density at radius 1 is 0.625 bits per heavy atom. The molecule has 0 aliphatic rings. The second kappa shape index (κ2) is 20.4.